The Morgan fingerprint density at radius 1 is 0.824 bits per heavy atom. The van der Waals surface area contributed by atoms with Crippen molar-refractivity contribution in [2.75, 3.05) is 27.3 Å². The van der Waals surface area contributed by atoms with Crippen LogP contribution < -0.4 is 10.6 Å². The molecule has 2 fully saturated rings. The third-order valence-electron chi connectivity index (χ3n) is 9.77. The Morgan fingerprint density at radius 2 is 1.39 bits per heavy atom. The molecule has 0 aliphatic carbocycles. The van der Waals surface area contributed by atoms with Crippen LogP contribution in [0.2, 0.25) is 0 Å². The number of aromatic nitrogens is 2. The number of hydrogen-bond donors (Lipinski definition) is 4. The van der Waals surface area contributed by atoms with Crippen molar-refractivity contribution in [3.8, 4) is 22.4 Å². The number of aromatic amines is 1. The van der Waals surface area contributed by atoms with Crippen molar-refractivity contribution < 1.29 is 33.8 Å². The van der Waals surface area contributed by atoms with E-state index in [0.29, 0.717) is 31.8 Å². The Bertz CT molecular complexity index is 1840. The van der Waals surface area contributed by atoms with Crippen molar-refractivity contribution in [2.45, 2.75) is 69.8 Å². The highest BCUT2D eigenvalue weighted by molar-refractivity contribution is 6.03. The van der Waals surface area contributed by atoms with Crippen LogP contribution in [0.3, 0.4) is 0 Å². The zero-order chi connectivity index (χ0) is 36.2. The van der Waals surface area contributed by atoms with Gasteiger partial charge in [-0.3, -0.25) is 14.6 Å². The second-order valence-electron chi connectivity index (χ2n) is 13.0. The Morgan fingerprint density at radius 3 is 2.00 bits per heavy atom. The SMILES string of the molecule is COC(=O)N[C@@H](C)C(=O)N1CC[C@H](O)[C@H]1c1ncc(-c2ccc(-c3ccc(C4=CN=C([C@@H]5CCCN5C(=O)[C@H](C)NC(=O)OC)C4)cc3)cc2)[nH]1. The first-order chi connectivity index (χ1) is 24.6. The summed E-state index contributed by atoms with van der Waals surface area (Å²) in [4.78, 5) is 65.3. The summed E-state index contributed by atoms with van der Waals surface area (Å²) in [6, 6.07) is 14.1. The standard InChI is InChI=1S/C37H43N7O7/c1-21(40-36(48)50-3)34(46)43-16-5-6-30(43)28-18-27(19-38-28)25-9-7-23(8-10-25)24-11-13-26(14-12-24)29-20-39-33(42-29)32-31(45)15-17-44(32)35(47)22(2)41-37(49)51-4/h7-14,19-22,30-32,45H,5-6,15-18H2,1-4H3,(H,39,42)(H,40,48)(H,41,49)/t21-,22-,30-,31-,32-/m0/s1. The molecule has 0 unspecified atom stereocenters. The topological polar surface area (TPSA) is 179 Å². The van der Waals surface area contributed by atoms with Gasteiger partial charge in [-0.1, -0.05) is 48.5 Å². The highest BCUT2D eigenvalue weighted by Crippen LogP contribution is 2.34. The summed E-state index contributed by atoms with van der Waals surface area (Å²) in [5, 5.41) is 15.8. The van der Waals surface area contributed by atoms with E-state index in [9.17, 15) is 24.3 Å². The fraction of sp³-hybridized carbons (Fsp3) is 0.405. The van der Waals surface area contributed by atoms with Gasteiger partial charge >= 0.3 is 12.2 Å². The molecule has 1 aromatic heterocycles. The zero-order valence-electron chi connectivity index (χ0n) is 29.1. The van der Waals surface area contributed by atoms with Crippen LogP contribution in [0.1, 0.15) is 57.0 Å². The number of allylic oxidation sites excluding steroid dienone is 1. The molecule has 0 radical (unpaired) electrons. The first kappa shape index (κ1) is 35.3. The van der Waals surface area contributed by atoms with Gasteiger partial charge in [0.2, 0.25) is 11.8 Å². The Hall–Kier alpha value is -5.50. The lowest BCUT2D eigenvalue weighted by Gasteiger charge is -2.28. The predicted octanol–water partition coefficient (Wildman–Crippen LogP) is 4.04. The lowest BCUT2D eigenvalue weighted by atomic mass is 9.96. The second-order valence-corrected chi connectivity index (χ2v) is 13.0. The largest absolute Gasteiger partial charge is 0.453 e. The van der Waals surface area contributed by atoms with Crippen molar-refractivity contribution in [1.29, 1.82) is 0 Å². The number of ether oxygens (including phenoxy) is 2. The molecule has 2 aromatic carbocycles. The number of amides is 4. The summed E-state index contributed by atoms with van der Waals surface area (Å²) < 4.78 is 9.25. The van der Waals surface area contributed by atoms with Crippen molar-refractivity contribution >= 4 is 35.3 Å². The number of aliphatic hydroxyl groups excluding tert-OH is 1. The maximum atomic E-state index is 13.1. The fourth-order valence-corrected chi connectivity index (χ4v) is 7.00. The molecule has 14 heteroatoms. The van der Waals surface area contributed by atoms with Crippen molar-refractivity contribution in [3.63, 3.8) is 0 Å². The maximum Gasteiger partial charge on any atom is 0.407 e. The summed E-state index contributed by atoms with van der Waals surface area (Å²) in [5.74, 6) is -0.00503. The number of likely N-dealkylation sites (tertiary alicyclic amines) is 2. The van der Waals surface area contributed by atoms with E-state index < -0.39 is 36.4 Å². The summed E-state index contributed by atoms with van der Waals surface area (Å²) in [5.41, 5.74) is 6.84. The van der Waals surface area contributed by atoms with Gasteiger partial charge in [0.1, 0.15) is 23.9 Å². The lowest BCUT2D eigenvalue weighted by Crippen LogP contribution is -2.50. The molecule has 2 saturated heterocycles. The van der Waals surface area contributed by atoms with Crippen LogP contribution in [0, 0.1) is 0 Å². The number of aliphatic imine (C=N–C) groups is 1. The summed E-state index contributed by atoms with van der Waals surface area (Å²) in [6.07, 6.45) is 4.21. The number of carbonyl (C=O) groups excluding carboxylic acids is 4. The molecule has 3 aliphatic rings. The molecule has 4 amide bonds. The van der Waals surface area contributed by atoms with Crippen molar-refractivity contribution in [3.05, 3.63) is 72.3 Å². The average molecular weight is 698 g/mol. The van der Waals surface area contributed by atoms with Crippen LogP contribution in [0.5, 0.6) is 0 Å². The van der Waals surface area contributed by atoms with E-state index in [4.69, 9.17) is 4.99 Å². The molecule has 4 N–H and O–H groups in total. The van der Waals surface area contributed by atoms with Gasteiger partial charge in [0.15, 0.2) is 0 Å². The number of carbonyl (C=O) groups is 4. The number of aliphatic hydroxyl groups is 1. The minimum atomic E-state index is -0.824. The first-order valence-corrected chi connectivity index (χ1v) is 17.1. The van der Waals surface area contributed by atoms with Gasteiger partial charge in [-0.05, 0) is 60.9 Å². The van der Waals surface area contributed by atoms with Crippen molar-refractivity contribution in [2.24, 2.45) is 4.99 Å². The van der Waals surface area contributed by atoms with Gasteiger partial charge in [0.25, 0.3) is 0 Å². The van der Waals surface area contributed by atoms with E-state index in [-0.39, 0.29) is 17.9 Å². The van der Waals surface area contributed by atoms with E-state index in [0.717, 1.165) is 52.1 Å². The zero-order valence-corrected chi connectivity index (χ0v) is 29.1. The highest BCUT2D eigenvalue weighted by atomic mass is 16.5. The molecule has 5 atom stereocenters. The monoisotopic (exact) mass is 697 g/mol. The summed E-state index contributed by atoms with van der Waals surface area (Å²) in [6.45, 7) is 4.20. The fourth-order valence-electron chi connectivity index (χ4n) is 7.00. The van der Waals surface area contributed by atoms with Crippen molar-refractivity contribution in [1.82, 2.24) is 30.4 Å². The molecule has 4 heterocycles. The normalized spacial score (nSPS) is 21.1. The average Bonchev–Trinajstić information content (AvgIpc) is 3.98. The van der Waals surface area contributed by atoms with Crippen LogP contribution in [0.15, 0.2) is 65.9 Å². The van der Waals surface area contributed by atoms with E-state index in [1.807, 2.05) is 35.4 Å². The molecule has 51 heavy (non-hydrogen) atoms. The minimum absolute atomic E-state index is 0.0967. The quantitative estimate of drug-likeness (QED) is 0.259. The van der Waals surface area contributed by atoms with E-state index in [1.165, 1.54) is 19.1 Å². The number of alkyl carbamates (subject to hydrolysis) is 2. The number of nitrogens with one attached hydrogen (secondary N) is 3. The third kappa shape index (κ3) is 7.50. The van der Waals surface area contributed by atoms with Gasteiger partial charge in [-0.15, -0.1) is 0 Å². The third-order valence-corrected chi connectivity index (χ3v) is 9.77. The molecule has 268 valence electrons. The minimum Gasteiger partial charge on any atom is -0.453 e. The molecular formula is C37H43N7O7. The number of H-pyrrole nitrogens is 1. The van der Waals surface area contributed by atoms with Gasteiger partial charge in [-0.25, -0.2) is 14.6 Å². The molecule has 6 rings (SSSR count). The molecular weight excluding hydrogens is 654 g/mol. The van der Waals surface area contributed by atoms with E-state index in [1.54, 1.807) is 20.0 Å². The number of nitrogens with zero attached hydrogens (tertiary/aromatic N) is 4. The Balaban J connectivity index is 1.07. The number of imidazole rings is 1. The summed E-state index contributed by atoms with van der Waals surface area (Å²) >= 11 is 0. The van der Waals surface area contributed by atoms with Crippen LogP contribution in [0.4, 0.5) is 9.59 Å². The molecule has 14 nitrogen and oxygen atoms in total. The first-order valence-electron chi connectivity index (χ1n) is 17.1. The van der Waals surface area contributed by atoms with Gasteiger partial charge in [0.05, 0.1) is 38.3 Å². The molecule has 0 spiro atoms. The van der Waals surface area contributed by atoms with Gasteiger partial charge in [-0.2, -0.15) is 0 Å². The van der Waals surface area contributed by atoms with Crippen LogP contribution >= 0.6 is 0 Å². The lowest BCUT2D eigenvalue weighted by molar-refractivity contribution is -0.135. The number of hydrogen-bond acceptors (Lipinski definition) is 9. The van der Waals surface area contributed by atoms with Crippen LogP contribution in [0.25, 0.3) is 28.0 Å². The second kappa shape index (κ2) is 15.2. The molecule has 3 aromatic rings. The van der Waals surface area contributed by atoms with Gasteiger partial charge < -0.3 is 40.0 Å². The smallest absolute Gasteiger partial charge is 0.407 e. The number of benzene rings is 2. The number of methoxy groups -OCH3 is 2. The van der Waals surface area contributed by atoms with Gasteiger partial charge in [0, 0.05) is 31.4 Å². The van der Waals surface area contributed by atoms with Crippen LogP contribution in [-0.2, 0) is 19.1 Å². The number of rotatable bonds is 9. The van der Waals surface area contributed by atoms with E-state index >= 15 is 0 Å². The summed E-state index contributed by atoms with van der Waals surface area (Å²) in [7, 11) is 2.51. The Kier molecular flexibility index (Phi) is 10.5. The highest BCUT2D eigenvalue weighted by Gasteiger charge is 2.41. The van der Waals surface area contributed by atoms with E-state index in [2.05, 4.69) is 54.3 Å². The van der Waals surface area contributed by atoms with Crippen LogP contribution in [-0.4, -0.2) is 106 Å². The molecule has 0 saturated carbocycles. The Labute approximate surface area is 295 Å². The molecule has 0 bridgehead atoms. The predicted molar refractivity (Wildman–Crippen MR) is 189 cm³/mol. The molecule has 3 aliphatic heterocycles. The maximum absolute atomic E-state index is 13.1.